The van der Waals surface area contributed by atoms with Gasteiger partial charge in [0.05, 0.1) is 10.9 Å². The van der Waals surface area contributed by atoms with E-state index >= 15 is 0 Å². The Bertz CT molecular complexity index is 796. The summed E-state index contributed by atoms with van der Waals surface area (Å²) in [5.41, 5.74) is 0.106. The van der Waals surface area contributed by atoms with Gasteiger partial charge < -0.3 is 15.4 Å². The van der Waals surface area contributed by atoms with Crippen LogP contribution in [0.3, 0.4) is 0 Å². The van der Waals surface area contributed by atoms with E-state index in [9.17, 15) is 23.2 Å². The molecule has 2 N–H and O–H groups in total. The minimum absolute atomic E-state index is 0.106. The van der Waals surface area contributed by atoms with Crippen LogP contribution in [0.2, 0.25) is 0 Å². The van der Waals surface area contributed by atoms with Gasteiger partial charge in [0.2, 0.25) is 0 Å². The van der Waals surface area contributed by atoms with Gasteiger partial charge in [0.15, 0.2) is 6.61 Å². The number of hydrogen-bond acceptors (Lipinski definition) is 5. The van der Waals surface area contributed by atoms with Crippen molar-refractivity contribution < 1.29 is 27.9 Å². The van der Waals surface area contributed by atoms with Crippen LogP contribution in [0.1, 0.15) is 28.2 Å². The van der Waals surface area contributed by atoms with Gasteiger partial charge in [0.1, 0.15) is 18.2 Å². The van der Waals surface area contributed by atoms with Crippen molar-refractivity contribution in [3.8, 4) is 0 Å². The van der Waals surface area contributed by atoms with Gasteiger partial charge in [0, 0.05) is 11.6 Å². The Labute approximate surface area is 152 Å². The largest absolute Gasteiger partial charge is 0.454 e. The average molecular weight is 382 g/mol. The second-order valence-corrected chi connectivity index (χ2v) is 6.22. The van der Waals surface area contributed by atoms with Gasteiger partial charge in [-0.05, 0) is 24.4 Å². The lowest BCUT2D eigenvalue weighted by Gasteiger charge is -2.15. The van der Waals surface area contributed by atoms with E-state index in [2.05, 4.69) is 10.6 Å². The highest BCUT2D eigenvalue weighted by molar-refractivity contribution is 7.12. The molecule has 0 fully saturated rings. The number of ether oxygens (including phenoxy) is 1. The first-order valence-corrected chi connectivity index (χ1v) is 8.46. The molecule has 0 radical (unpaired) electrons. The zero-order valence-corrected chi connectivity index (χ0v) is 14.6. The topological polar surface area (TPSA) is 84.5 Å². The lowest BCUT2D eigenvalue weighted by Crippen LogP contribution is -2.34. The molecule has 1 aromatic heterocycles. The second kappa shape index (κ2) is 9.04. The fourth-order valence-corrected chi connectivity index (χ4v) is 2.70. The number of benzene rings is 1. The Morgan fingerprint density at radius 2 is 2.00 bits per heavy atom. The van der Waals surface area contributed by atoms with Gasteiger partial charge in [-0.3, -0.25) is 14.4 Å². The molecule has 1 aromatic carbocycles. The Hall–Kier alpha value is -2.81. The van der Waals surface area contributed by atoms with E-state index in [1.807, 2.05) is 0 Å². The first kappa shape index (κ1) is 19.5. The molecular formula is C17H16F2N2O4S. The smallest absolute Gasteiger partial charge is 0.325 e. The highest BCUT2D eigenvalue weighted by Gasteiger charge is 2.16. The fraction of sp³-hybridized carbons (Fsp3) is 0.235. The first-order valence-electron chi connectivity index (χ1n) is 7.58. The summed E-state index contributed by atoms with van der Waals surface area (Å²) in [4.78, 5) is 35.4. The number of carbonyl (C=O) groups excluding carboxylic acids is 3. The molecule has 26 heavy (non-hydrogen) atoms. The van der Waals surface area contributed by atoms with Crippen molar-refractivity contribution in [3.63, 3.8) is 0 Å². The highest BCUT2D eigenvalue weighted by atomic mass is 32.1. The van der Waals surface area contributed by atoms with Crippen molar-refractivity contribution in [2.24, 2.45) is 0 Å². The van der Waals surface area contributed by atoms with Gasteiger partial charge in [0.25, 0.3) is 11.8 Å². The van der Waals surface area contributed by atoms with Crippen molar-refractivity contribution in [1.29, 1.82) is 0 Å². The molecule has 0 saturated heterocycles. The summed E-state index contributed by atoms with van der Waals surface area (Å²) >= 11 is 1.23. The third-order valence-electron chi connectivity index (χ3n) is 3.31. The summed E-state index contributed by atoms with van der Waals surface area (Å²) in [7, 11) is 0. The van der Waals surface area contributed by atoms with Crippen molar-refractivity contribution in [2.45, 2.75) is 13.0 Å². The van der Waals surface area contributed by atoms with Crippen LogP contribution in [0.5, 0.6) is 0 Å². The highest BCUT2D eigenvalue weighted by Crippen LogP contribution is 2.17. The lowest BCUT2D eigenvalue weighted by atomic mass is 10.1. The molecule has 1 heterocycles. The number of esters is 1. The summed E-state index contributed by atoms with van der Waals surface area (Å²) in [5, 5.41) is 6.53. The average Bonchev–Trinajstić information content (AvgIpc) is 3.12. The molecule has 9 heteroatoms. The van der Waals surface area contributed by atoms with Crippen molar-refractivity contribution in [1.82, 2.24) is 10.6 Å². The molecule has 1 atom stereocenters. The van der Waals surface area contributed by atoms with Gasteiger partial charge in [-0.2, -0.15) is 0 Å². The number of carbonyl (C=O) groups is 3. The molecule has 2 amide bonds. The SMILES string of the molecule is C[C@H](NC(=O)COC(=O)CNC(=O)c1cccs1)c1ccc(F)cc1F. The molecule has 2 aromatic rings. The molecule has 0 spiro atoms. The van der Waals surface area contributed by atoms with Gasteiger partial charge in [-0.1, -0.05) is 12.1 Å². The number of halogens is 2. The monoisotopic (exact) mass is 382 g/mol. The van der Waals surface area contributed by atoms with E-state index in [4.69, 9.17) is 4.74 Å². The van der Waals surface area contributed by atoms with E-state index < -0.39 is 42.1 Å². The Morgan fingerprint density at radius 1 is 1.23 bits per heavy atom. The fourth-order valence-electron chi connectivity index (χ4n) is 2.06. The normalized spacial score (nSPS) is 11.5. The van der Waals surface area contributed by atoms with Crippen molar-refractivity contribution >= 4 is 29.1 Å². The molecule has 0 aliphatic heterocycles. The molecule has 0 saturated carbocycles. The Morgan fingerprint density at radius 3 is 2.65 bits per heavy atom. The molecule has 6 nitrogen and oxygen atoms in total. The Balaban J connectivity index is 1.73. The van der Waals surface area contributed by atoms with E-state index in [1.165, 1.54) is 24.3 Å². The van der Waals surface area contributed by atoms with Crippen LogP contribution in [0, 0.1) is 11.6 Å². The predicted molar refractivity (Wildman–Crippen MR) is 90.5 cm³/mol. The maximum Gasteiger partial charge on any atom is 0.325 e. The summed E-state index contributed by atoms with van der Waals surface area (Å²) in [6.45, 7) is 0.546. The summed E-state index contributed by atoms with van der Waals surface area (Å²) < 4.78 is 31.3. The summed E-state index contributed by atoms with van der Waals surface area (Å²) in [6.07, 6.45) is 0. The van der Waals surface area contributed by atoms with E-state index in [0.29, 0.717) is 10.9 Å². The van der Waals surface area contributed by atoms with Crippen LogP contribution < -0.4 is 10.6 Å². The molecule has 0 aliphatic carbocycles. The molecule has 2 rings (SSSR count). The van der Waals surface area contributed by atoms with Gasteiger partial charge in [-0.15, -0.1) is 11.3 Å². The Kier molecular flexibility index (Phi) is 6.79. The molecule has 0 unspecified atom stereocenters. The number of thiophene rings is 1. The lowest BCUT2D eigenvalue weighted by molar-refractivity contribution is -0.147. The third kappa shape index (κ3) is 5.62. The van der Waals surface area contributed by atoms with Crippen LogP contribution in [0.15, 0.2) is 35.7 Å². The maximum absolute atomic E-state index is 13.6. The van der Waals surface area contributed by atoms with Crippen LogP contribution in [0.25, 0.3) is 0 Å². The third-order valence-corrected chi connectivity index (χ3v) is 4.18. The van der Waals surface area contributed by atoms with Gasteiger partial charge in [-0.25, -0.2) is 8.78 Å². The molecule has 0 bridgehead atoms. The molecule has 0 aliphatic rings. The van der Waals surface area contributed by atoms with Gasteiger partial charge >= 0.3 is 5.97 Å². The van der Waals surface area contributed by atoms with Crippen LogP contribution >= 0.6 is 11.3 Å². The number of rotatable bonds is 7. The van der Waals surface area contributed by atoms with E-state index in [0.717, 1.165) is 6.07 Å². The minimum Gasteiger partial charge on any atom is -0.454 e. The zero-order valence-electron chi connectivity index (χ0n) is 13.8. The standard InChI is InChI=1S/C17H16F2N2O4S/c1-10(12-5-4-11(18)7-13(12)19)21-15(22)9-25-16(23)8-20-17(24)14-3-2-6-26-14/h2-7,10H,8-9H2,1H3,(H,20,24)(H,21,22)/t10-/m0/s1. The summed E-state index contributed by atoms with van der Waals surface area (Å²) in [5.74, 6) is -3.36. The van der Waals surface area contributed by atoms with Crippen LogP contribution in [0.4, 0.5) is 8.78 Å². The zero-order chi connectivity index (χ0) is 19.1. The quantitative estimate of drug-likeness (QED) is 0.719. The minimum atomic E-state index is -0.786. The maximum atomic E-state index is 13.6. The van der Waals surface area contributed by atoms with Crippen molar-refractivity contribution in [2.75, 3.05) is 13.2 Å². The molecular weight excluding hydrogens is 366 g/mol. The first-order chi connectivity index (χ1) is 12.4. The second-order valence-electron chi connectivity index (χ2n) is 5.28. The number of nitrogens with one attached hydrogen (secondary N) is 2. The number of hydrogen-bond donors (Lipinski definition) is 2. The van der Waals surface area contributed by atoms with Crippen LogP contribution in [-0.4, -0.2) is 30.9 Å². The predicted octanol–water partition coefficient (Wildman–Crippen LogP) is 2.18. The number of amides is 2. The van der Waals surface area contributed by atoms with E-state index in [1.54, 1.807) is 17.5 Å². The summed E-state index contributed by atoms with van der Waals surface area (Å²) in [6, 6.07) is 5.59. The molecule has 138 valence electrons. The van der Waals surface area contributed by atoms with Crippen molar-refractivity contribution in [3.05, 3.63) is 57.8 Å². The van der Waals surface area contributed by atoms with Crippen LogP contribution in [-0.2, 0) is 14.3 Å². The van der Waals surface area contributed by atoms with E-state index in [-0.39, 0.29) is 12.1 Å².